The molecule has 2 aliphatic rings. The highest BCUT2D eigenvalue weighted by atomic mass is 16.2. The van der Waals surface area contributed by atoms with Gasteiger partial charge in [0.1, 0.15) is 23.7 Å². The Labute approximate surface area is 146 Å². The van der Waals surface area contributed by atoms with Crippen molar-refractivity contribution in [2.45, 2.75) is 52.0 Å². The molecule has 134 valence electrons. The van der Waals surface area contributed by atoms with E-state index in [0.29, 0.717) is 36.0 Å². The number of nitrogens with one attached hydrogen (secondary N) is 2. The van der Waals surface area contributed by atoms with E-state index in [0.717, 1.165) is 17.7 Å². The number of nitrogens with zero attached hydrogens (tertiary/aromatic N) is 3. The van der Waals surface area contributed by atoms with Crippen molar-refractivity contribution in [3.63, 3.8) is 0 Å². The number of hydrogen-bond donors (Lipinski definition) is 2. The summed E-state index contributed by atoms with van der Waals surface area (Å²) in [7, 11) is 0. The molecule has 25 heavy (non-hydrogen) atoms. The molecule has 1 spiro atoms. The highest BCUT2D eigenvalue weighted by Crippen LogP contribution is 2.36. The molecule has 1 aliphatic heterocycles. The number of urea groups is 1. The molecule has 2 N–H and O–H groups in total. The van der Waals surface area contributed by atoms with E-state index in [9.17, 15) is 14.4 Å². The van der Waals surface area contributed by atoms with Crippen LogP contribution in [0.4, 0.5) is 10.6 Å². The number of carbonyl (C=O) groups excluding carboxylic acids is 3. The second-order valence-electron chi connectivity index (χ2n) is 7.08. The Morgan fingerprint density at radius 3 is 2.72 bits per heavy atom. The molecule has 8 heteroatoms. The zero-order valence-electron chi connectivity index (χ0n) is 14.8. The maximum Gasteiger partial charge on any atom is 0.325 e. The summed E-state index contributed by atoms with van der Waals surface area (Å²) in [5.41, 5.74) is -0.112. The van der Waals surface area contributed by atoms with E-state index >= 15 is 0 Å². The summed E-state index contributed by atoms with van der Waals surface area (Å²) < 4.78 is 0. The lowest BCUT2D eigenvalue weighted by molar-refractivity contribution is -0.135. The summed E-state index contributed by atoms with van der Waals surface area (Å²) in [6.45, 7) is 5.33. The number of aromatic nitrogens is 2. The van der Waals surface area contributed by atoms with E-state index in [1.807, 2.05) is 0 Å². The molecule has 8 nitrogen and oxygen atoms in total. The Hall–Kier alpha value is -2.51. The molecule has 1 aliphatic carbocycles. The van der Waals surface area contributed by atoms with Crippen molar-refractivity contribution in [3.8, 4) is 0 Å². The summed E-state index contributed by atoms with van der Waals surface area (Å²) in [6, 6.07) is -0.495. The van der Waals surface area contributed by atoms with Crippen molar-refractivity contribution in [3.05, 3.63) is 17.6 Å². The molecule has 1 aromatic heterocycles. The first-order valence-electron chi connectivity index (χ1n) is 8.55. The largest absolute Gasteiger partial charge is 0.325 e. The van der Waals surface area contributed by atoms with Gasteiger partial charge in [0.2, 0.25) is 5.91 Å². The summed E-state index contributed by atoms with van der Waals surface area (Å²) in [5.74, 6) is 0.731. The van der Waals surface area contributed by atoms with Crippen LogP contribution in [-0.4, -0.2) is 44.8 Å². The Kier molecular flexibility index (Phi) is 4.45. The Bertz CT molecular complexity index is 725. The van der Waals surface area contributed by atoms with Crippen LogP contribution in [0, 0.1) is 19.8 Å². The minimum atomic E-state index is -0.828. The standard InChI is InChI=1S/C17H23N5O3/c1-10-4-6-17(7-5-10)15(24)22(16(25)21-17)9-13(23)20-14-11(2)8-18-12(3)19-14/h8,10H,4-7,9H2,1-3H3,(H,21,25)(H,18,19,20,23). The maximum atomic E-state index is 12.7. The predicted molar refractivity (Wildman–Crippen MR) is 90.7 cm³/mol. The summed E-state index contributed by atoms with van der Waals surface area (Å²) >= 11 is 0. The lowest BCUT2D eigenvalue weighted by Crippen LogP contribution is -2.49. The molecule has 0 unspecified atom stereocenters. The van der Waals surface area contributed by atoms with Gasteiger partial charge in [0.05, 0.1) is 0 Å². The topological polar surface area (TPSA) is 104 Å². The minimum absolute atomic E-state index is 0.296. The summed E-state index contributed by atoms with van der Waals surface area (Å²) in [5, 5.41) is 5.46. The molecular formula is C17H23N5O3. The Morgan fingerprint density at radius 2 is 2.04 bits per heavy atom. The van der Waals surface area contributed by atoms with Crippen LogP contribution in [0.1, 0.15) is 44.0 Å². The maximum absolute atomic E-state index is 12.7. The van der Waals surface area contributed by atoms with Gasteiger partial charge in [0.15, 0.2) is 0 Å². The number of carbonyl (C=O) groups is 3. The zero-order chi connectivity index (χ0) is 18.2. The molecule has 1 aromatic rings. The van der Waals surface area contributed by atoms with Crippen LogP contribution in [0.2, 0.25) is 0 Å². The summed E-state index contributed by atoms with van der Waals surface area (Å²) in [4.78, 5) is 46.5. The molecular weight excluding hydrogens is 322 g/mol. The molecule has 4 amide bonds. The highest BCUT2D eigenvalue weighted by Gasteiger charge is 2.52. The van der Waals surface area contributed by atoms with Gasteiger partial charge in [-0.05, 0) is 45.4 Å². The predicted octanol–water partition coefficient (Wildman–Crippen LogP) is 1.53. The normalized spacial score (nSPS) is 26.0. The molecule has 2 fully saturated rings. The fourth-order valence-corrected chi connectivity index (χ4v) is 3.39. The van der Waals surface area contributed by atoms with Gasteiger partial charge in [0, 0.05) is 11.8 Å². The van der Waals surface area contributed by atoms with Crippen LogP contribution in [0.3, 0.4) is 0 Å². The number of anilines is 1. The molecule has 0 bridgehead atoms. The molecule has 0 aromatic carbocycles. The van der Waals surface area contributed by atoms with Crippen molar-refractivity contribution in [2.75, 3.05) is 11.9 Å². The molecule has 0 radical (unpaired) electrons. The number of aryl methyl sites for hydroxylation is 2. The first kappa shape index (κ1) is 17.3. The third-order valence-electron chi connectivity index (χ3n) is 5.03. The van der Waals surface area contributed by atoms with Gasteiger partial charge in [-0.3, -0.25) is 14.5 Å². The molecule has 1 saturated carbocycles. The van der Waals surface area contributed by atoms with E-state index < -0.39 is 17.5 Å². The van der Waals surface area contributed by atoms with Crippen LogP contribution in [0.5, 0.6) is 0 Å². The van der Waals surface area contributed by atoms with Gasteiger partial charge in [-0.2, -0.15) is 0 Å². The Morgan fingerprint density at radius 1 is 1.36 bits per heavy atom. The quantitative estimate of drug-likeness (QED) is 0.809. The van der Waals surface area contributed by atoms with Crippen LogP contribution in [-0.2, 0) is 9.59 Å². The summed E-state index contributed by atoms with van der Waals surface area (Å²) in [6.07, 6.45) is 4.66. The third kappa shape index (κ3) is 3.33. The van der Waals surface area contributed by atoms with E-state index in [-0.39, 0.29) is 12.5 Å². The van der Waals surface area contributed by atoms with Crippen LogP contribution < -0.4 is 10.6 Å². The molecule has 3 rings (SSSR count). The highest BCUT2D eigenvalue weighted by molar-refractivity contribution is 6.10. The third-order valence-corrected chi connectivity index (χ3v) is 5.03. The number of amides is 4. The van der Waals surface area contributed by atoms with Crippen LogP contribution >= 0.6 is 0 Å². The fourth-order valence-electron chi connectivity index (χ4n) is 3.39. The van der Waals surface area contributed by atoms with Crippen molar-refractivity contribution in [1.82, 2.24) is 20.2 Å². The lowest BCUT2D eigenvalue weighted by Gasteiger charge is -2.33. The monoisotopic (exact) mass is 345 g/mol. The van der Waals surface area contributed by atoms with Gasteiger partial charge in [-0.15, -0.1) is 0 Å². The fraction of sp³-hybridized carbons (Fsp3) is 0.588. The lowest BCUT2D eigenvalue weighted by atomic mass is 9.77. The number of hydrogen-bond acceptors (Lipinski definition) is 5. The van der Waals surface area contributed by atoms with Gasteiger partial charge in [-0.1, -0.05) is 6.92 Å². The SMILES string of the molecule is Cc1ncc(C)c(NC(=O)CN2C(=O)NC3(CCC(C)CC3)C2=O)n1. The smallest absolute Gasteiger partial charge is 0.323 e. The van der Waals surface area contributed by atoms with Crippen molar-refractivity contribution >= 4 is 23.7 Å². The van der Waals surface area contributed by atoms with Crippen molar-refractivity contribution < 1.29 is 14.4 Å². The minimum Gasteiger partial charge on any atom is -0.323 e. The number of rotatable bonds is 3. The average molecular weight is 345 g/mol. The van der Waals surface area contributed by atoms with E-state index in [1.165, 1.54) is 0 Å². The van der Waals surface area contributed by atoms with E-state index in [2.05, 4.69) is 27.5 Å². The zero-order valence-corrected chi connectivity index (χ0v) is 14.8. The second-order valence-corrected chi connectivity index (χ2v) is 7.08. The molecule has 2 heterocycles. The average Bonchev–Trinajstić information content (AvgIpc) is 2.78. The number of imide groups is 1. The van der Waals surface area contributed by atoms with Gasteiger partial charge in [0.25, 0.3) is 5.91 Å². The van der Waals surface area contributed by atoms with E-state index in [1.54, 1.807) is 20.0 Å². The molecule has 0 atom stereocenters. The van der Waals surface area contributed by atoms with Crippen molar-refractivity contribution in [1.29, 1.82) is 0 Å². The second kappa shape index (κ2) is 6.42. The first-order chi connectivity index (χ1) is 11.8. The molecule has 1 saturated heterocycles. The first-order valence-corrected chi connectivity index (χ1v) is 8.55. The Balaban J connectivity index is 1.68. The van der Waals surface area contributed by atoms with Crippen LogP contribution in [0.15, 0.2) is 6.20 Å². The van der Waals surface area contributed by atoms with Crippen LogP contribution in [0.25, 0.3) is 0 Å². The van der Waals surface area contributed by atoms with Gasteiger partial charge >= 0.3 is 6.03 Å². The van der Waals surface area contributed by atoms with Gasteiger partial charge in [-0.25, -0.2) is 14.8 Å². The van der Waals surface area contributed by atoms with Gasteiger partial charge < -0.3 is 10.6 Å². The van der Waals surface area contributed by atoms with Crippen molar-refractivity contribution in [2.24, 2.45) is 5.92 Å². The van der Waals surface area contributed by atoms with E-state index in [4.69, 9.17) is 0 Å².